The minimum atomic E-state index is -0.117. The first-order valence-corrected chi connectivity index (χ1v) is 6.31. The molecule has 1 fully saturated rings. The maximum absolute atomic E-state index is 11.8. The number of hydrogen-bond donors (Lipinski definition) is 2. The van der Waals surface area contributed by atoms with Crippen molar-refractivity contribution in [3.05, 3.63) is 29.8 Å². The summed E-state index contributed by atoms with van der Waals surface area (Å²) in [6, 6.07) is 7.01. The lowest BCUT2D eigenvalue weighted by molar-refractivity contribution is -0.117. The molecule has 1 aromatic carbocycles. The molecule has 1 aliphatic rings. The van der Waals surface area contributed by atoms with Gasteiger partial charge in [0.2, 0.25) is 5.91 Å². The van der Waals surface area contributed by atoms with Crippen LogP contribution < -0.4 is 10.6 Å². The van der Waals surface area contributed by atoms with Crippen molar-refractivity contribution in [2.75, 3.05) is 11.9 Å². The van der Waals surface area contributed by atoms with E-state index >= 15 is 0 Å². The van der Waals surface area contributed by atoms with Crippen LogP contribution in [0.4, 0.5) is 5.69 Å². The molecular formula is C14H18N2O2. The number of rotatable bonds is 4. The van der Waals surface area contributed by atoms with Crippen molar-refractivity contribution < 1.29 is 9.59 Å². The highest BCUT2D eigenvalue weighted by molar-refractivity contribution is 5.98. The molecule has 0 spiro atoms. The third-order valence-corrected chi connectivity index (χ3v) is 3.18. The average molecular weight is 246 g/mol. The smallest absolute Gasteiger partial charge is 0.251 e. The van der Waals surface area contributed by atoms with Gasteiger partial charge in [0.05, 0.1) is 0 Å². The zero-order valence-electron chi connectivity index (χ0n) is 10.7. The number of hydrogen-bond acceptors (Lipinski definition) is 2. The molecule has 2 unspecified atom stereocenters. The van der Waals surface area contributed by atoms with Gasteiger partial charge in [0.15, 0.2) is 0 Å². The van der Waals surface area contributed by atoms with Crippen LogP contribution in [0.15, 0.2) is 24.3 Å². The Balaban J connectivity index is 2.03. The van der Waals surface area contributed by atoms with E-state index in [0.717, 1.165) is 6.42 Å². The molecule has 4 nitrogen and oxygen atoms in total. The number of nitrogens with one attached hydrogen (secondary N) is 2. The van der Waals surface area contributed by atoms with E-state index in [0.29, 0.717) is 23.7 Å². The minimum absolute atomic E-state index is 0.0514. The van der Waals surface area contributed by atoms with Gasteiger partial charge in [0.1, 0.15) is 0 Å². The van der Waals surface area contributed by atoms with Crippen LogP contribution >= 0.6 is 0 Å². The van der Waals surface area contributed by atoms with Crippen LogP contribution in [0.25, 0.3) is 0 Å². The quantitative estimate of drug-likeness (QED) is 0.854. The summed E-state index contributed by atoms with van der Waals surface area (Å²) in [5, 5.41) is 5.59. The Kier molecular flexibility index (Phi) is 3.65. The second-order valence-corrected chi connectivity index (χ2v) is 4.75. The third kappa shape index (κ3) is 2.88. The van der Waals surface area contributed by atoms with Crippen LogP contribution in [0.5, 0.6) is 0 Å². The highest BCUT2D eigenvalue weighted by Crippen LogP contribution is 2.38. The molecule has 0 radical (unpaired) electrons. The van der Waals surface area contributed by atoms with Crippen LogP contribution in [0, 0.1) is 11.8 Å². The minimum Gasteiger partial charge on any atom is -0.352 e. The molecular weight excluding hydrogens is 228 g/mol. The topological polar surface area (TPSA) is 58.2 Å². The number of carbonyl (C=O) groups excluding carboxylic acids is 2. The lowest BCUT2D eigenvalue weighted by Gasteiger charge is -2.07. The highest BCUT2D eigenvalue weighted by atomic mass is 16.2. The number of benzene rings is 1. The van der Waals surface area contributed by atoms with Crippen LogP contribution in [0.3, 0.4) is 0 Å². The Bertz CT molecular complexity index is 471. The monoisotopic (exact) mass is 246 g/mol. The molecule has 18 heavy (non-hydrogen) atoms. The second kappa shape index (κ2) is 5.21. The maximum Gasteiger partial charge on any atom is 0.251 e. The molecule has 0 heterocycles. The number of carbonyl (C=O) groups is 2. The summed E-state index contributed by atoms with van der Waals surface area (Å²) >= 11 is 0. The van der Waals surface area contributed by atoms with Crippen molar-refractivity contribution in [3.63, 3.8) is 0 Å². The Morgan fingerprint density at radius 1 is 1.39 bits per heavy atom. The van der Waals surface area contributed by atoms with Gasteiger partial charge in [-0.05, 0) is 37.5 Å². The van der Waals surface area contributed by atoms with Crippen molar-refractivity contribution in [3.8, 4) is 0 Å². The molecule has 1 aromatic rings. The summed E-state index contributed by atoms with van der Waals surface area (Å²) in [5.41, 5.74) is 1.25. The Morgan fingerprint density at radius 3 is 2.72 bits per heavy atom. The summed E-state index contributed by atoms with van der Waals surface area (Å²) in [6.07, 6.45) is 0.960. The van der Waals surface area contributed by atoms with Crippen LogP contribution in [-0.2, 0) is 4.79 Å². The molecule has 1 saturated carbocycles. The lowest BCUT2D eigenvalue weighted by Crippen LogP contribution is -2.23. The first-order chi connectivity index (χ1) is 8.61. The predicted octanol–water partition coefficient (Wildman–Crippen LogP) is 2.03. The van der Waals surface area contributed by atoms with Crippen molar-refractivity contribution in [2.45, 2.75) is 20.3 Å². The molecule has 0 aromatic heterocycles. The normalized spacial score (nSPS) is 21.2. The standard InChI is InChI=1S/C14H18N2O2/c1-3-15-13(17)10-5-4-6-11(8-10)16-14(18)12-7-9(12)2/h4-6,8-9,12H,3,7H2,1-2H3,(H,15,17)(H,16,18). The number of anilines is 1. The van der Waals surface area contributed by atoms with Gasteiger partial charge in [-0.2, -0.15) is 0 Å². The Labute approximate surface area is 107 Å². The molecule has 2 atom stereocenters. The Morgan fingerprint density at radius 2 is 2.11 bits per heavy atom. The van der Waals surface area contributed by atoms with E-state index in [2.05, 4.69) is 17.6 Å². The summed E-state index contributed by atoms with van der Waals surface area (Å²) in [4.78, 5) is 23.4. The van der Waals surface area contributed by atoms with Gasteiger partial charge in [0, 0.05) is 23.7 Å². The molecule has 96 valence electrons. The fourth-order valence-electron chi connectivity index (χ4n) is 1.92. The highest BCUT2D eigenvalue weighted by Gasteiger charge is 2.39. The van der Waals surface area contributed by atoms with Crippen molar-refractivity contribution in [1.29, 1.82) is 0 Å². The van der Waals surface area contributed by atoms with Crippen LogP contribution in [0.2, 0.25) is 0 Å². The molecule has 1 aliphatic carbocycles. The van der Waals surface area contributed by atoms with E-state index in [9.17, 15) is 9.59 Å². The van der Waals surface area contributed by atoms with Gasteiger partial charge in [-0.15, -0.1) is 0 Å². The van der Waals surface area contributed by atoms with E-state index in [4.69, 9.17) is 0 Å². The van der Waals surface area contributed by atoms with E-state index < -0.39 is 0 Å². The van der Waals surface area contributed by atoms with E-state index in [1.54, 1.807) is 24.3 Å². The van der Waals surface area contributed by atoms with E-state index in [1.807, 2.05) is 6.92 Å². The van der Waals surface area contributed by atoms with Crippen LogP contribution in [-0.4, -0.2) is 18.4 Å². The molecule has 2 rings (SSSR count). The van der Waals surface area contributed by atoms with Crippen molar-refractivity contribution >= 4 is 17.5 Å². The first-order valence-electron chi connectivity index (χ1n) is 6.31. The molecule has 0 aliphatic heterocycles. The summed E-state index contributed by atoms with van der Waals surface area (Å²) in [7, 11) is 0. The largest absolute Gasteiger partial charge is 0.352 e. The summed E-state index contributed by atoms with van der Waals surface area (Å²) in [5.74, 6) is 0.554. The van der Waals surface area contributed by atoms with E-state index in [1.165, 1.54) is 0 Å². The molecule has 4 heteroatoms. The molecule has 2 N–H and O–H groups in total. The van der Waals surface area contributed by atoms with Crippen LogP contribution in [0.1, 0.15) is 30.6 Å². The zero-order chi connectivity index (χ0) is 13.1. The molecule has 0 bridgehead atoms. The summed E-state index contributed by atoms with van der Waals surface area (Å²) < 4.78 is 0. The number of amides is 2. The lowest BCUT2D eigenvalue weighted by atomic mass is 10.2. The average Bonchev–Trinajstić information content (AvgIpc) is 3.07. The van der Waals surface area contributed by atoms with Gasteiger partial charge in [0.25, 0.3) is 5.91 Å². The predicted molar refractivity (Wildman–Crippen MR) is 70.3 cm³/mol. The van der Waals surface area contributed by atoms with Gasteiger partial charge in [-0.1, -0.05) is 13.0 Å². The second-order valence-electron chi connectivity index (χ2n) is 4.75. The SMILES string of the molecule is CCNC(=O)c1cccc(NC(=O)C2CC2C)c1. The van der Waals surface area contributed by atoms with Gasteiger partial charge in [-0.3, -0.25) is 9.59 Å². The first kappa shape index (κ1) is 12.6. The van der Waals surface area contributed by atoms with E-state index in [-0.39, 0.29) is 17.7 Å². The third-order valence-electron chi connectivity index (χ3n) is 3.18. The van der Waals surface area contributed by atoms with Crippen molar-refractivity contribution in [1.82, 2.24) is 5.32 Å². The Hall–Kier alpha value is -1.84. The fourth-order valence-corrected chi connectivity index (χ4v) is 1.92. The molecule has 2 amide bonds. The van der Waals surface area contributed by atoms with Crippen molar-refractivity contribution in [2.24, 2.45) is 11.8 Å². The van der Waals surface area contributed by atoms with Gasteiger partial charge < -0.3 is 10.6 Å². The van der Waals surface area contributed by atoms with Gasteiger partial charge in [-0.25, -0.2) is 0 Å². The fraction of sp³-hybridized carbons (Fsp3) is 0.429. The maximum atomic E-state index is 11.8. The molecule has 0 saturated heterocycles. The van der Waals surface area contributed by atoms with Gasteiger partial charge >= 0.3 is 0 Å². The summed E-state index contributed by atoms with van der Waals surface area (Å²) in [6.45, 7) is 4.53. The zero-order valence-corrected chi connectivity index (χ0v) is 10.7.